The molecule has 0 radical (unpaired) electrons. The average molecular weight is 707 g/mol. The van der Waals surface area contributed by atoms with Gasteiger partial charge in [0, 0.05) is 27.5 Å². The fourth-order valence-electron chi connectivity index (χ4n) is 8.93. The molecule has 3 aliphatic carbocycles. The van der Waals surface area contributed by atoms with Crippen LogP contribution in [0, 0.1) is 0 Å². The summed E-state index contributed by atoms with van der Waals surface area (Å²) >= 11 is 0. The Hall–Kier alpha value is -6.64. The van der Waals surface area contributed by atoms with Crippen molar-refractivity contribution in [2.24, 2.45) is 0 Å². The minimum atomic E-state index is 0.856. The molecule has 0 saturated carbocycles. The van der Waals surface area contributed by atoms with Crippen LogP contribution in [0.4, 0.5) is 0 Å². The molecule has 2 nitrogen and oxygen atoms in total. The zero-order valence-electron chi connectivity index (χ0n) is 31.2. The van der Waals surface area contributed by atoms with Crippen molar-refractivity contribution in [3.8, 4) is 5.69 Å². The predicted octanol–water partition coefficient (Wildman–Crippen LogP) is 13.7. The molecule has 10 rings (SSSR count). The number of aromatic nitrogens is 2. The third kappa shape index (κ3) is 5.73. The maximum absolute atomic E-state index is 4.50. The summed E-state index contributed by atoms with van der Waals surface area (Å²) < 4.78 is 4.93. The summed E-state index contributed by atoms with van der Waals surface area (Å²) in [5.41, 5.74) is 18.7. The smallest absolute Gasteiger partial charge is 0.0547 e. The van der Waals surface area contributed by atoms with E-state index >= 15 is 0 Å². The van der Waals surface area contributed by atoms with E-state index in [4.69, 9.17) is 0 Å². The van der Waals surface area contributed by atoms with Crippen LogP contribution >= 0.6 is 0 Å². The lowest BCUT2D eigenvalue weighted by Crippen LogP contribution is -2.05. The minimum absolute atomic E-state index is 0.856. The van der Waals surface area contributed by atoms with Gasteiger partial charge in [-0.15, -0.1) is 0 Å². The summed E-state index contributed by atoms with van der Waals surface area (Å²) in [5, 5.41) is 3.90. The van der Waals surface area contributed by atoms with Gasteiger partial charge in [0.1, 0.15) is 0 Å². The number of benzene rings is 5. The predicted molar refractivity (Wildman–Crippen MR) is 235 cm³/mol. The Morgan fingerprint density at radius 1 is 0.582 bits per heavy atom. The van der Waals surface area contributed by atoms with Crippen LogP contribution in [0.25, 0.3) is 61.3 Å². The molecular formula is C53H42N2. The van der Waals surface area contributed by atoms with Crippen LogP contribution in [-0.2, 0) is 12.8 Å². The lowest BCUT2D eigenvalue weighted by atomic mass is 9.90. The fourth-order valence-corrected chi connectivity index (χ4v) is 8.93. The van der Waals surface area contributed by atoms with E-state index in [1.54, 1.807) is 0 Å². The summed E-state index contributed by atoms with van der Waals surface area (Å²) in [6, 6.07) is 44.2. The minimum Gasteiger partial charge on any atom is -0.309 e. The first kappa shape index (κ1) is 33.0. The first-order valence-corrected chi connectivity index (χ1v) is 19.5. The molecule has 0 saturated heterocycles. The van der Waals surface area contributed by atoms with Crippen molar-refractivity contribution in [3.63, 3.8) is 0 Å². The third-order valence-corrected chi connectivity index (χ3v) is 11.6. The second-order valence-corrected chi connectivity index (χ2v) is 14.9. The van der Waals surface area contributed by atoms with E-state index in [1.807, 2.05) is 0 Å². The van der Waals surface area contributed by atoms with E-state index in [1.165, 1.54) is 94.3 Å². The van der Waals surface area contributed by atoms with Crippen molar-refractivity contribution in [1.82, 2.24) is 9.13 Å². The number of fused-ring (bicyclic) bond motifs is 7. The third-order valence-electron chi connectivity index (χ3n) is 11.6. The molecule has 0 amide bonds. The van der Waals surface area contributed by atoms with Gasteiger partial charge in [0.2, 0.25) is 0 Å². The van der Waals surface area contributed by atoms with E-state index in [9.17, 15) is 0 Å². The number of hydrogen-bond acceptors (Lipinski definition) is 0. The highest BCUT2D eigenvalue weighted by Gasteiger charge is 2.23. The topological polar surface area (TPSA) is 9.86 Å². The lowest BCUT2D eigenvalue weighted by Gasteiger charge is -2.19. The van der Waals surface area contributed by atoms with Crippen LogP contribution in [0.2, 0.25) is 0 Å². The summed E-state index contributed by atoms with van der Waals surface area (Å²) in [5.74, 6) is 0. The highest BCUT2D eigenvalue weighted by molar-refractivity contribution is 6.10. The van der Waals surface area contributed by atoms with Crippen LogP contribution in [0.1, 0.15) is 47.7 Å². The molecule has 0 aliphatic heterocycles. The highest BCUT2D eigenvalue weighted by Crippen LogP contribution is 2.41. The quantitative estimate of drug-likeness (QED) is 0.172. The van der Waals surface area contributed by atoms with Gasteiger partial charge in [0.25, 0.3) is 0 Å². The monoisotopic (exact) mass is 706 g/mol. The second kappa shape index (κ2) is 13.6. The van der Waals surface area contributed by atoms with Gasteiger partial charge in [0.05, 0.1) is 22.2 Å². The molecule has 2 heteroatoms. The molecule has 55 heavy (non-hydrogen) atoms. The Labute approximate surface area is 323 Å². The number of hydrogen-bond donors (Lipinski definition) is 0. The van der Waals surface area contributed by atoms with Gasteiger partial charge in [-0.3, -0.25) is 0 Å². The van der Waals surface area contributed by atoms with Gasteiger partial charge in [-0.05, 0) is 131 Å². The van der Waals surface area contributed by atoms with Gasteiger partial charge in [-0.2, -0.15) is 0 Å². The molecule has 0 unspecified atom stereocenters. The number of allylic oxidation sites excluding steroid dienone is 14. The Morgan fingerprint density at radius 2 is 1.33 bits per heavy atom. The molecule has 0 atom stereocenters. The maximum Gasteiger partial charge on any atom is 0.0547 e. The number of para-hydroxylation sites is 3. The molecule has 2 heterocycles. The van der Waals surface area contributed by atoms with Crippen LogP contribution in [0.3, 0.4) is 0 Å². The Morgan fingerprint density at radius 3 is 2.20 bits per heavy atom. The van der Waals surface area contributed by atoms with Crippen LogP contribution in [-0.4, -0.2) is 9.13 Å². The van der Waals surface area contributed by atoms with Crippen molar-refractivity contribution in [3.05, 3.63) is 221 Å². The van der Waals surface area contributed by atoms with Gasteiger partial charge >= 0.3 is 0 Å². The van der Waals surface area contributed by atoms with Gasteiger partial charge < -0.3 is 9.13 Å². The van der Waals surface area contributed by atoms with Crippen LogP contribution in [0.15, 0.2) is 193 Å². The van der Waals surface area contributed by atoms with Crippen molar-refractivity contribution in [2.45, 2.75) is 32.6 Å². The van der Waals surface area contributed by atoms with Crippen molar-refractivity contribution in [1.29, 1.82) is 0 Å². The molecule has 7 aromatic rings. The molecule has 0 spiro atoms. The van der Waals surface area contributed by atoms with Gasteiger partial charge in [-0.1, -0.05) is 134 Å². The fraction of sp³-hybridized carbons (Fsp3) is 0.0943. The van der Waals surface area contributed by atoms with Crippen molar-refractivity contribution in [2.75, 3.05) is 0 Å². The number of nitrogens with zero attached hydrogens (tertiary/aromatic N) is 2. The summed E-state index contributed by atoms with van der Waals surface area (Å²) in [6.45, 7) is 6.75. The average Bonchev–Trinajstić information content (AvgIpc) is 3.75. The zero-order valence-corrected chi connectivity index (χ0v) is 31.2. The molecule has 0 N–H and O–H groups in total. The Bertz CT molecular complexity index is 2920. The number of rotatable bonds is 4. The standard InChI is InChI=1S/C53H42N2/c1-36-15-6-7-16-38(40-19-14-18-39-17-8-9-22-44(39)37(2)33-40)29-32-49(36)55-51-26-13-11-24-46(51)48-31-28-42(35-53(48)55)41-27-30-47-45-23-10-12-25-50(45)54(52(47)34-41)43-20-4-3-5-21-43/h3-6,8-17,19-27,29-30,32-35H,2,7,18,28,31H2,1H3/b15-6-,19-14-,32-29-,38-16?,40-33+,49-36-. The van der Waals surface area contributed by atoms with Crippen LogP contribution < -0.4 is 0 Å². The second-order valence-electron chi connectivity index (χ2n) is 14.9. The molecule has 264 valence electrons. The SMILES string of the molecule is C=C1/C=C(C2=CC\C=C/C(C)=C(n3c4c(c5ccccc53)CCC(c3ccc5c6ccccc6n(-c6ccccc6)c5c3)=C4)/C=C\2)\C=C/Cc2ccccc21. The normalized spacial score (nSPS) is 19.9. The van der Waals surface area contributed by atoms with Gasteiger partial charge in [-0.25, -0.2) is 0 Å². The number of aryl methyl sites for hydroxylation is 1. The van der Waals surface area contributed by atoms with E-state index in [0.717, 1.165) is 31.3 Å². The molecule has 2 aromatic heterocycles. The first-order valence-electron chi connectivity index (χ1n) is 19.5. The largest absolute Gasteiger partial charge is 0.309 e. The van der Waals surface area contributed by atoms with E-state index in [0.29, 0.717) is 0 Å². The summed E-state index contributed by atoms with van der Waals surface area (Å²) in [4.78, 5) is 0. The zero-order chi connectivity index (χ0) is 36.9. The summed E-state index contributed by atoms with van der Waals surface area (Å²) in [6.07, 6.45) is 24.6. The Kier molecular flexibility index (Phi) is 8.18. The van der Waals surface area contributed by atoms with Crippen LogP contribution in [0.5, 0.6) is 0 Å². The van der Waals surface area contributed by atoms with Crippen molar-refractivity contribution < 1.29 is 0 Å². The Balaban J connectivity index is 1.10. The van der Waals surface area contributed by atoms with E-state index in [2.05, 4.69) is 199 Å². The molecule has 0 bridgehead atoms. The molecular weight excluding hydrogens is 665 g/mol. The summed E-state index contributed by atoms with van der Waals surface area (Å²) in [7, 11) is 0. The van der Waals surface area contributed by atoms with E-state index < -0.39 is 0 Å². The molecule has 3 aliphatic rings. The van der Waals surface area contributed by atoms with Gasteiger partial charge in [0.15, 0.2) is 0 Å². The molecule has 5 aromatic carbocycles. The first-order chi connectivity index (χ1) is 27.1. The van der Waals surface area contributed by atoms with E-state index in [-0.39, 0.29) is 0 Å². The highest BCUT2D eigenvalue weighted by atomic mass is 15.0. The maximum atomic E-state index is 4.50. The van der Waals surface area contributed by atoms with Crippen molar-refractivity contribution >= 4 is 55.6 Å². The lowest BCUT2D eigenvalue weighted by molar-refractivity contribution is 0.987. The molecule has 0 fully saturated rings.